The van der Waals surface area contributed by atoms with Crippen molar-refractivity contribution in [3.05, 3.63) is 34.6 Å². The Morgan fingerprint density at radius 1 is 1.16 bits per heavy atom. The molecule has 134 valence electrons. The van der Waals surface area contributed by atoms with E-state index < -0.39 is 5.79 Å². The van der Waals surface area contributed by atoms with Gasteiger partial charge >= 0.3 is 0 Å². The molecule has 1 amide bonds. The van der Waals surface area contributed by atoms with Crippen LogP contribution >= 0.6 is 11.5 Å². The van der Waals surface area contributed by atoms with Crippen molar-refractivity contribution in [3.63, 3.8) is 0 Å². The first-order valence-corrected chi connectivity index (χ1v) is 9.59. The lowest BCUT2D eigenvalue weighted by Crippen LogP contribution is -2.47. The zero-order valence-corrected chi connectivity index (χ0v) is 14.9. The van der Waals surface area contributed by atoms with Gasteiger partial charge in [0.05, 0.1) is 23.3 Å². The van der Waals surface area contributed by atoms with Crippen LogP contribution in [0.4, 0.5) is 0 Å². The molecule has 2 aromatic rings. The van der Waals surface area contributed by atoms with E-state index in [4.69, 9.17) is 9.47 Å². The van der Waals surface area contributed by atoms with Crippen LogP contribution in [0.2, 0.25) is 0 Å². The van der Waals surface area contributed by atoms with Crippen molar-refractivity contribution in [1.29, 1.82) is 0 Å². The third kappa shape index (κ3) is 3.36. The number of aromatic nitrogens is 1. The first-order chi connectivity index (χ1) is 12.2. The Balaban J connectivity index is 1.29. The number of hydrogen-bond donors (Lipinski definition) is 0. The normalized spacial score (nSPS) is 19.8. The molecule has 1 spiro atoms. The molecule has 0 saturated carbocycles. The highest BCUT2D eigenvalue weighted by molar-refractivity contribution is 7.13. The Hall–Kier alpha value is -1.70. The molecule has 25 heavy (non-hydrogen) atoms. The zero-order valence-electron chi connectivity index (χ0n) is 14.1. The lowest BCUT2D eigenvalue weighted by atomic mass is 10.0. The van der Waals surface area contributed by atoms with E-state index in [9.17, 15) is 9.59 Å². The van der Waals surface area contributed by atoms with Gasteiger partial charge in [-0.1, -0.05) is 23.7 Å². The predicted octanol–water partition coefficient (Wildman–Crippen LogP) is 2.21. The highest BCUT2D eigenvalue weighted by atomic mass is 32.1. The first-order valence-electron chi connectivity index (χ1n) is 8.81. The zero-order chi connectivity index (χ0) is 17.3. The molecule has 4 rings (SSSR count). The molecule has 2 aliphatic heterocycles. The summed E-state index contributed by atoms with van der Waals surface area (Å²) >= 11 is 1.47. The molecule has 1 aromatic heterocycles. The molecule has 3 heterocycles. The molecule has 0 aliphatic carbocycles. The Morgan fingerprint density at radius 2 is 1.88 bits per heavy atom. The minimum absolute atomic E-state index is 0.0449. The average molecular weight is 362 g/mol. The van der Waals surface area contributed by atoms with E-state index >= 15 is 0 Å². The minimum Gasteiger partial charge on any atom is -0.347 e. The molecular weight excluding hydrogens is 340 g/mol. The lowest BCUT2D eigenvalue weighted by molar-refractivity contribution is -0.187. The Bertz CT molecular complexity index is 812. The van der Waals surface area contributed by atoms with Gasteiger partial charge in [0.15, 0.2) is 5.79 Å². The fraction of sp³-hybridized carbons (Fsp3) is 0.556. The van der Waals surface area contributed by atoms with Gasteiger partial charge in [0, 0.05) is 38.9 Å². The number of aryl methyl sites for hydroxylation is 1. The molecule has 6 nitrogen and oxygen atoms in total. The molecular formula is C18H22N2O4S. The molecule has 2 fully saturated rings. The maximum Gasteiger partial charge on any atom is 0.268 e. The number of amides is 1. The molecule has 0 atom stereocenters. The number of hydrogen-bond acceptors (Lipinski definition) is 5. The molecule has 2 aliphatic rings. The maximum atomic E-state index is 12.4. The standard InChI is InChI=1S/C18H22N2O4S/c21-16(19-10-7-18(8-11-19)23-12-13-24-18)6-3-9-20-17(22)14-4-1-2-5-15(14)25-20/h1-2,4-5H,3,6-13H2. The second-order valence-corrected chi connectivity index (χ2v) is 7.65. The van der Waals surface area contributed by atoms with Crippen LogP contribution < -0.4 is 5.56 Å². The van der Waals surface area contributed by atoms with Gasteiger partial charge in [-0.05, 0) is 18.6 Å². The van der Waals surface area contributed by atoms with E-state index in [-0.39, 0.29) is 11.5 Å². The summed E-state index contributed by atoms with van der Waals surface area (Å²) in [4.78, 5) is 26.6. The van der Waals surface area contributed by atoms with Gasteiger partial charge in [-0.15, -0.1) is 0 Å². The van der Waals surface area contributed by atoms with Crippen LogP contribution in [0.3, 0.4) is 0 Å². The summed E-state index contributed by atoms with van der Waals surface area (Å²) < 4.78 is 14.1. The summed E-state index contributed by atoms with van der Waals surface area (Å²) in [7, 11) is 0. The summed E-state index contributed by atoms with van der Waals surface area (Å²) in [5, 5.41) is 0.761. The van der Waals surface area contributed by atoms with Gasteiger partial charge in [0.25, 0.3) is 5.56 Å². The minimum atomic E-state index is -0.443. The fourth-order valence-corrected chi connectivity index (χ4v) is 4.61. The van der Waals surface area contributed by atoms with E-state index in [0.29, 0.717) is 45.7 Å². The highest BCUT2D eigenvalue weighted by Gasteiger charge is 2.40. The number of nitrogens with zero attached hydrogens (tertiary/aromatic N) is 2. The Labute approximate surface area is 150 Å². The van der Waals surface area contributed by atoms with Crippen molar-refractivity contribution in [2.75, 3.05) is 26.3 Å². The number of carbonyl (C=O) groups is 1. The number of piperidine rings is 1. The average Bonchev–Trinajstić information content (AvgIpc) is 3.21. The van der Waals surface area contributed by atoms with Gasteiger partial charge in [-0.25, -0.2) is 0 Å². The molecule has 0 N–H and O–H groups in total. The van der Waals surface area contributed by atoms with Crippen LogP contribution in [0, 0.1) is 0 Å². The van der Waals surface area contributed by atoms with E-state index in [0.717, 1.165) is 22.9 Å². The fourth-order valence-electron chi connectivity index (χ4n) is 3.58. The van der Waals surface area contributed by atoms with Crippen LogP contribution in [0.15, 0.2) is 29.1 Å². The largest absolute Gasteiger partial charge is 0.347 e. The SMILES string of the molecule is O=C(CCCn1sc2ccccc2c1=O)N1CCC2(CC1)OCCO2. The monoisotopic (exact) mass is 362 g/mol. The van der Waals surface area contributed by atoms with Crippen molar-refractivity contribution in [3.8, 4) is 0 Å². The number of carbonyl (C=O) groups excluding carboxylic acids is 1. The summed E-state index contributed by atoms with van der Waals surface area (Å²) in [5.74, 6) is -0.289. The van der Waals surface area contributed by atoms with Crippen molar-refractivity contribution in [2.24, 2.45) is 0 Å². The van der Waals surface area contributed by atoms with Crippen molar-refractivity contribution >= 4 is 27.5 Å². The molecule has 2 saturated heterocycles. The smallest absolute Gasteiger partial charge is 0.268 e. The van der Waals surface area contributed by atoms with E-state index in [1.165, 1.54) is 11.5 Å². The number of benzene rings is 1. The van der Waals surface area contributed by atoms with Gasteiger partial charge in [0.1, 0.15) is 0 Å². The molecule has 1 aromatic carbocycles. The van der Waals surface area contributed by atoms with Gasteiger partial charge in [0.2, 0.25) is 5.91 Å². The third-order valence-corrected chi connectivity index (χ3v) is 6.12. The van der Waals surface area contributed by atoms with Gasteiger partial charge in [-0.2, -0.15) is 0 Å². The summed E-state index contributed by atoms with van der Waals surface area (Å²) in [6.45, 7) is 3.26. The van der Waals surface area contributed by atoms with Crippen LogP contribution in [0.1, 0.15) is 25.7 Å². The van der Waals surface area contributed by atoms with E-state index in [1.807, 2.05) is 29.2 Å². The number of rotatable bonds is 4. The Morgan fingerprint density at radius 3 is 2.60 bits per heavy atom. The highest BCUT2D eigenvalue weighted by Crippen LogP contribution is 2.31. The molecule has 0 bridgehead atoms. The Kier molecular flexibility index (Phi) is 4.62. The van der Waals surface area contributed by atoms with Crippen molar-refractivity contribution in [2.45, 2.75) is 38.0 Å². The number of likely N-dealkylation sites (tertiary alicyclic amines) is 1. The number of ether oxygens (including phenoxy) is 2. The summed E-state index contributed by atoms with van der Waals surface area (Å²) in [6, 6.07) is 7.63. The molecule has 0 radical (unpaired) electrons. The molecule has 7 heteroatoms. The predicted molar refractivity (Wildman–Crippen MR) is 95.8 cm³/mol. The van der Waals surface area contributed by atoms with Gasteiger partial charge < -0.3 is 14.4 Å². The second-order valence-electron chi connectivity index (χ2n) is 6.59. The summed E-state index contributed by atoms with van der Waals surface area (Å²) in [6.07, 6.45) is 2.64. The topological polar surface area (TPSA) is 60.8 Å². The third-order valence-electron chi connectivity index (χ3n) is 5.00. The maximum absolute atomic E-state index is 12.4. The van der Waals surface area contributed by atoms with E-state index in [1.54, 1.807) is 3.96 Å². The van der Waals surface area contributed by atoms with Crippen molar-refractivity contribution in [1.82, 2.24) is 8.86 Å². The van der Waals surface area contributed by atoms with Crippen molar-refractivity contribution < 1.29 is 14.3 Å². The quantitative estimate of drug-likeness (QED) is 0.837. The second kappa shape index (κ2) is 6.90. The van der Waals surface area contributed by atoms with Crippen LogP contribution in [0.5, 0.6) is 0 Å². The van der Waals surface area contributed by atoms with Crippen LogP contribution in [-0.4, -0.2) is 46.9 Å². The first kappa shape index (κ1) is 16.8. The van der Waals surface area contributed by atoms with Crippen LogP contribution in [0.25, 0.3) is 10.1 Å². The lowest BCUT2D eigenvalue weighted by Gasteiger charge is -2.37. The van der Waals surface area contributed by atoms with Gasteiger partial charge in [-0.3, -0.25) is 13.5 Å². The van der Waals surface area contributed by atoms with Crippen LogP contribution in [-0.2, 0) is 20.8 Å². The van der Waals surface area contributed by atoms with E-state index in [2.05, 4.69) is 0 Å². The molecule has 0 unspecified atom stereocenters. The number of fused-ring (bicyclic) bond motifs is 1. The summed E-state index contributed by atoms with van der Waals surface area (Å²) in [5.41, 5.74) is 0.0449.